The van der Waals surface area contributed by atoms with E-state index in [1.54, 1.807) is 0 Å². The topological polar surface area (TPSA) is 58.8 Å². The lowest BCUT2D eigenvalue weighted by molar-refractivity contribution is -0.135. The van der Waals surface area contributed by atoms with Crippen molar-refractivity contribution in [1.29, 1.82) is 0 Å². The van der Waals surface area contributed by atoms with Crippen molar-refractivity contribution in [3.63, 3.8) is 0 Å². The largest absolute Gasteiger partial charge is 0.378 e. The van der Waals surface area contributed by atoms with Crippen LogP contribution in [0, 0.1) is 0 Å². The van der Waals surface area contributed by atoms with E-state index in [0.717, 1.165) is 58.3 Å². The van der Waals surface area contributed by atoms with Gasteiger partial charge in [0.15, 0.2) is 0 Å². The van der Waals surface area contributed by atoms with E-state index in [-0.39, 0.29) is 11.9 Å². The van der Waals surface area contributed by atoms with Crippen molar-refractivity contribution in [2.45, 2.75) is 51.2 Å². The molecule has 1 amide bonds. The molecule has 1 atom stereocenters. The van der Waals surface area contributed by atoms with E-state index in [9.17, 15) is 4.79 Å². The number of rotatable bonds is 8. The molecule has 0 radical (unpaired) electrons. The molecule has 1 unspecified atom stereocenters. The maximum Gasteiger partial charge on any atom is 0.239 e. The number of hydrogen-bond acceptors (Lipinski definition) is 4. The first-order valence-corrected chi connectivity index (χ1v) is 7.85. The second-order valence-corrected chi connectivity index (χ2v) is 5.95. The molecule has 0 spiro atoms. The average Bonchev–Trinajstić information content (AvgIpc) is 2.43. The quantitative estimate of drug-likeness (QED) is 0.678. The van der Waals surface area contributed by atoms with Gasteiger partial charge in [-0.1, -0.05) is 13.3 Å². The summed E-state index contributed by atoms with van der Waals surface area (Å²) in [6.07, 6.45) is 4.98. The average molecular weight is 285 g/mol. The fourth-order valence-corrected chi connectivity index (χ4v) is 2.54. The van der Waals surface area contributed by atoms with Crippen LogP contribution < -0.4 is 5.73 Å². The van der Waals surface area contributed by atoms with Crippen LogP contribution in [0.4, 0.5) is 0 Å². The highest BCUT2D eigenvalue weighted by Crippen LogP contribution is 2.15. The molecule has 1 aliphatic rings. The van der Waals surface area contributed by atoms with E-state index in [4.69, 9.17) is 10.5 Å². The number of ether oxygens (including phenoxy) is 1. The Morgan fingerprint density at radius 3 is 2.60 bits per heavy atom. The van der Waals surface area contributed by atoms with Crippen LogP contribution in [0.15, 0.2) is 0 Å². The number of nitrogens with two attached hydrogens (primary N) is 1. The Balaban J connectivity index is 2.18. The molecule has 1 heterocycles. The van der Waals surface area contributed by atoms with Crippen molar-refractivity contribution in [2.24, 2.45) is 5.73 Å². The fourth-order valence-electron chi connectivity index (χ4n) is 2.54. The summed E-state index contributed by atoms with van der Waals surface area (Å²) >= 11 is 0. The molecule has 0 aromatic heterocycles. The second kappa shape index (κ2) is 9.32. The molecule has 1 fully saturated rings. The first-order chi connectivity index (χ1) is 9.54. The maximum atomic E-state index is 12.1. The minimum Gasteiger partial charge on any atom is -0.378 e. The SMILES string of the molecule is CCCC(N)C(=O)N1CCC(OCCCN(C)C)CC1. The summed E-state index contributed by atoms with van der Waals surface area (Å²) in [4.78, 5) is 16.2. The Kier molecular flexibility index (Phi) is 8.11. The van der Waals surface area contributed by atoms with Gasteiger partial charge in [-0.3, -0.25) is 4.79 Å². The first-order valence-electron chi connectivity index (χ1n) is 7.85. The lowest BCUT2D eigenvalue weighted by Gasteiger charge is -2.33. The third kappa shape index (κ3) is 6.20. The van der Waals surface area contributed by atoms with Crippen molar-refractivity contribution in [2.75, 3.05) is 40.3 Å². The van der Waals surface area contributed by atoms with Crippen LogP contribution in [0.3, 0.4) is 0 Å². The van der Waals surface area contributed by atoms with Gasteiger partial charge in [0.2, 0.25) is 5.91 Å². The van der Waals surface area contributed by atoms with Gasteiger partial charge in [-0.15, -0.1) is 0 Å². The van der Waals surface area contributed by atoms with Crippen LogP contribution in [0.1, 0.15) is 39.0 Å². The molecule has 1 rings (SSSR count). The van der Waals surface area contributed by atoms with E-state index >= 15 is 0 Å². The molecule has 0 aliphatic carbocycles. The number of amides is 1. The molecule has 0 aromatic carbocycles. The van der Waals surface area contributed by atoms with Gasteiger partial charge >= 0.3 is 0 Å². The zero-order valence-electron chi connectivity index (χ0n) is 13.3. The second-order valence-electron chi connectivity index (χ2n) is 5.95. The summed E-state index contributed by atoms with van der Waals surface area (Å²) in [5.74, 6) is 0.109. The van der Waals surface area contributed by atoms with Gasteiger partial charge in [0, 0.05) is 19.7 Å². The molecular formula is C15H31N3O2. The molecule has 0 aromatic rings. The Bertz CT molecular complexity index is 276. The predicted octanol–water partition coefficient (Wildman–Crippen LogP) is 1.07. The third-order valence-electron chi connectivity index (χ3n) is 3.77. The molecule has 1 aliphatic heterocycles. The summed E-state index contributed by atoms with van der Waals surface area (Å²) in [6, 6.07) is -0.322. The van der Waals surface area contributed by atoms with E-state index in [1.165, 1.54) is 0 Å². The zero-order chi connectivity index (χ0) is 15.0. The minimum absolute atomic E-state index is 0.109. The number of nitrogens with zero attached hydrogens (tertiary/aromatic N) is 2. The van der Waals surface area contributed by atoms with Gasteiger partial charge in [-0.25, -0.2) is 0 Å². The van der Waals surface area contributed by atoms with Crippen LogP contribution in [-0.4, -0.2) is 68.2 Å². The van der Waals surface area contributed by atoms with Crippen LogP contribution in [0.2, 0.25) is 0 Å². The van der Waals surface area contributed by atoms with Crippen molar-refractivity contribution >= 4 is 5.91 Å². The van der Waals surface area contributed by atoms with Gasteiger partial charge in [0.05, 0.1) is 12.1 Å². The van der Waals surface area contributed by atoms with Gasteiger partial charge < -0.3 is 20.3 Å². The molecular weight excluding hydrogens is 254 g/mol. The monoisotopic (exact) mass is 285 g/mol. The summed E-state index contributed by atoms with van der Waals surface area (Å²) in [7, 11) is 4.15. The Hall–Kier alpha value is -0.650. The van der Waals surface area contributed by atoms with Crippen molar-refractivity contribution in [1.82, 2.24) is 9.80 Å². The molecule has 1 saturated heterocycles. The zero-order valence-corrected chi connectivity index (χ0v) is 13.3. The molecule has 0 saturated carbocycles. The molecule has 5 heteroatoms. The number of hydrogen-bond donors (Lipinski definition) is 1. The van der Waals surface area contributed by atoms with Crippen molar-refractivity contribution in [3.8, 4) is 0 Å². The van der Waals surface area contributed by atoms with Crippen LogP contribution in [-0.2, 0) is 9.53 Å². The molecule has 20 heavy (non-hydrogen) atoms. The van der Waals surface area contributed by atoms with E-state index in [0.29, 0.717) is 6.10 Å². The molecule has 0 bridgehead atoms. The Morgan fingerprint density at radius 1 is 1.40 bits per heavy atom. The van der Waals surface area contributed by atoms with Crippen LogP contribution >= 0.6 is 0 Å². The van der Waals surface area contributed by atoms with Crippen LogP contribution in [0.5, 0.6) is 0 Å². The van der Waals surface area contributed by atoms with Gasteiger partial charge in [0.1, 0.15) is 0 Å². The maximum absolute atomic E-state index is 12.1. The van der Waals surface area contributed by atoms with Gasteiger partial charge in [-0.2, -0.15) is 0 Å². The van der Waals surface area contributed by atoms with Crippen molar-refractivity contribution in [3.05, 3.63) is 0 Å². The highest BCUT2D eigenvalue weighted by Gasteiger charge is 2.26. The Labute approximate surface area is 123 Å². The van der Waals surface area contributed by atoms with Crippen molar-refractivity contribution < 1.29 is 9.53 Å². The lowest BCUT2D eigenvalue weighted by Crippen LogP contribution is -2.48. The van der Waals surface area contributed by atoms with Gasteiger partial charge in [-0.05, 0) is 46.3 Å². The predicted molar refractivity (Wildman–Crippen MR) is 81.6 cm³/mol. The number of carbonyl (C=O) groups is 1. The van der Waals surface area contributed by atoms with E-state index < -0.39 is 0 Å². The fraction of sp³-hybridized carbons (Fsp3) is 0.933. The van der Waals surface area contributed by atoms with E-state index in [2.05, 4.69) is 25.9 Å². The molecule has 5 nitrogen and oxygen atoms in total. The normalized spacial score (nSPS) is 18.6. The standard InChI is InChI=1S/C15H31N3O2/c1-4-6-14(16)15(19)18-10-7-13(8-11-18)20-12-5-9-17(2)3/h13-14H,4-12,16H2,1-3H3. The first kappa shape index (κ1) is 17.4. The van der Waals surface area contributed by atoms with Crippen LogP contribution in [0.25, 0.3) is 0 Å². The number of piperidine rings is 1. The highest BCUT2D eigenvalue weighted by molar-refractivity contribution is 5.81. The summed E-state index contributed by atoms with van der Waals surface area (Å²) < 4.78 is 5.87. The smallest absolute Gasteiger partial charge is 0.239 e. The lowest BCUT2D eigenvalue weighted by atomic mass is 10.1. The minimum atomic E-state index is -0.322. The molecule has 2 N–H and O–H groups in total. The third-order valence-corrected chi connectivity index (χ3v) is 3.77. The summed E-state index contributed by atoms with van der Waals surface area (Å²) in [5, 5.41) is 0. The Morgan fingerprint density at radius 2 is 2.05 bits per heavy atom. The summed E-state index contributed by atoms with van der Waals surface area (Å²) in [5.41, 5.74) is 5.89. The number of carbonyl (C=O) groups excluding carboxylic acids is 1. The van der Waals surface area contributed by atoms with E-state index in [1.807, 2.05) is 4.90 Å². The summed E-state index contributed by atoms with van der Waals surface area (Å²) in [6.45, 7) is 5.50. The van der Waals surface area contributed by atoms with Gasteiger partial charge in [0.25, 0.3) is 0 Å². The number of likely N-dealkylation sites (tertiary alicyclic amines) is 1. The highest BCUT2D eigenvalue weighted by atomic mass is 16.5. The molecule has 118 valence electrons.